The van der Waals surface area contributed by atoms with Crippen molar-refractivity contribution in [2.45, 2.75) is 47.5 Å². The molecular weight excluding hydrogens is 647 g/mol. The van der Waals surface area contributed by atoms with E-state index in [-0.39, 0.29) is 20.4 Å². The zero-order valence-corrected chi connectivity index (χ0v) is 27.6. The number of para-hydroxylation sites is 1. The topological polar surface area (TPSA) is 44.9 Å². The molecule has 4 aromatic carbocycles. The van der Waals surface area contributed by atoms with Crippen molar-refractivity contribution < 1.29 is 25.2 Å². The molecule has 7 rings (SSSR count). The Morgan fingerprint density at radius 2 is 1.58 bits per heavy atom. The van der Waals surface area contributed by atoms with Crippen molar-refractivity contribution in [2.24, 2.45) is 0 Å². The fourth-order valence-electron chi connectivity index (χ4n) is 6.35. The van der Waals surface area contributed by atoms with Crippen LogP contribution in [0.4, 0.5) is 0 Å². The Morgan fingerprint density at radius 3 is 2.40 bits per heavy atom. The average molecular weight is 681 g/mol. The molecular formula is C39H34N4OPd. The molecule has 0 amide bonds. The van der Waals surface area contributed by atoms with Gasteiger partial charge in [-0.05, 0) is 85.6 Å². The molecule has 0 saturated carbocycles. The number of ether oxygens (including phenoxy) is 1. The van der Waals surface area contributed by atoms with E-state index in [2.05, 4.69) is 111 Å². The number of hydrogen-bond donors (Lipinski definition) is 0. The second-order valence-electron chi connectivity index (χ2n) is 11.4. The number of fused-ring (bicyclic) bond motifs is 3. The van der Waals surface area contributed by atoms with E-state index in [9.17, 15) is 0 Å². The van der Waals surface area contributed by atoms with Crippen LogP contribution in [0.1, 0.15) is 41.4 Å². The number of aromatic nitrogens is 4. The molecule has 0 fully saturated rings. The fraction of sp³-hybridized carbons (Fsp3) is 0.179. The summed E-state index contributed by atoms with van der Waals surface area (Å²) in [6.07, 6.45) is 3.98. The molecule has 0 spiro atoms. The summed E-state index contributed by atoms with van der Waals surface area (Å²) >= 11 is 0. The molecule has 0 N–H and O–H groups in total. The van der Waals surface area contributed by atoms with Gasteiger partial charge in [0.15, 0.2) is 0 Å². The first kappa shape index (κ1) is 30.5. The second-order valence-corrected chi connectivity index (χ2v) is 11.4. The molecule has 0 aliphatic rings. The van der Waals surface area contributed by atoms with Crippen LogP contribution in [-0.4, -0.2) is 19.3 Å². The number of hydrogen-bond acceptors (Lipinski definition) is 3. The number of aryl methyl sites for hydroxylation is 4. The molecule has 5 nitrogen and oxygen atoms in total. The van der Waals surface area contributed by atoms with Gasteiger partial charge in [-0.3, -0.25) is 4.68 Å². The third kappa shape index (κ3) is 5.50. The van der Waals surface area contributed by atoms with Crippen molar-refractivity contribution in [1.82, 2.24) is 19.3 Å². The molecule has 0 aliphatic carbocycles. The molecule has 0 unspecified atom stereocenters. The van der Waals surface area contributed by atoms with Crippen molar-refractivity contribution in [3.05, 3.63) is 131 Å². The monoisotopic (exact) mass is 680 g/mol. The summed E-state index contributed by atoms with van der Waals surface area (Å²) in [4.78, 5) is 4.69. The molecule has 0 radical (unpaired) electrons. The first-order valence-corrected chi connectivity index (χ1v) is 15.2. The maximum atomic E-state index is 6.40. The zero-order valence-electron chi connectivity index (χ0n) is 26.1. The van der Waals surface area contributed by atoms with E-state index in [4.69, 9.17) is 9.84 Å². The van der Waals surface area contributed by atoms with E-state index in [1.54, 1.807) is 0 Å². The van der Waals surface area contributed by atoms with E-state index >= 15 is 0 Å². The van der Waals surface area contributed by atoms with Gasteiger partial charge in [0.05, 0.1) is 5.69 Å². The molecule has 3 aromatic heterocycles. The zero-order chi connectivity index (χ0) is 30.4. The number of nitrogens with zero attached hydrogens (tertiary/aromatic N) is 4. The predicted octanol–water partition coefficient (Wildman–Crippen LogP) is 9.61. The van der Waals surface area contributed by atoms with Gasteiger partial charge < -0.3 is 9.30 Å². The molecule has 0 atom stereocenters. The molecule has 0 bridgehead atoms. The third-order valence-corrected chi connectivity index (χ3v) is 8.31. The molecule has 45 heavy (non-hydrogen) atoms. The van der Waals surface area contributed by atoms with E-state index in [1.807, 2.05) is 41.2 Å². The fourth-order valence-corrected chi connectivity index (χ4v) is 6.35. The Kier molecular flexibility index (Phi) is 8.47. The van der Waals surface area contributed by atoms with Crippen molar-refractivity contribution in [1.29, 1.82) is 0 Å². The summed E-state index contributed by atoms with van der Waals surface area (Å²) in [6, 6.07) is 36.1. The van der Waals surface area contributed by atoms with Gasteiger partial charge in [-0.25, -0.2) is 4.98 Å². The van der Waals surface area contributed by atoms with Crippen LogP contribution >= 0.6 is 0 Å². The van der Waals surface area contributed by atoms with Crippen LogP contribution in [0.3, 0.4) is 0 Å². The van der Waals surface area contributed by atoms with Crippen LogP contribution in [-0.2, 0) is 26.8 Å². The Morgan fingerprint density at radius 1 is 0.778 bits per heavy atom. The van der Waals surface area contributed by atoms with Gasteiger partial charge in [0.1, 0.15) is 5.82 Å². The normalized spacial score (nSPS) is 11.2. The van der Waals surface area contributed by atoms with Crippen molar-refractivity contribution >= 4 is 21.8 Å². The van der Waals surface area contributed by atoms with Crippen LogP contribution in [0, 0.1) is 39.8 Å². The van der Waals surface area contributed by atoms with E-state index in [0.717, 1.165) is 63.1 Å². The molecule has 6 heteroatoms. The van der Waals surface area contributed by atoms with Crippen molar-refractivity contribution in [3.8, 4) is 34.1 Å². The van der Waals surface area contributed by atoms with Gasteiger partial charge in [0.2, 0.25) is 0 Å². The van der Waals surface area contributed by atoms with Gasteiger partial charge in [-0.15, -0.1) is 35.7 Å². The van der Waals surface area contributed by atoms with E-state index in [0.29, 0.717) is 11.5 Å². The van der Waals surface area contributed by atoms with E-state index < -0.39 is 0 Å². The van der Waals surface area contributed by atoms with Crippen LogP contribution < -0.4 is 4.74 Å². The van der Waals surface area contributed by atoms with Crippen molar-refractivity contribution in [3.63, 3.8) is 0 Å². The molecule has 0 aliphatic heterocycles. The first-order chi connectivity index (χ1) is 21.4. The predicted molar refractivity (Wildman–Crippen MR) is 178 cm³/mol. The third-order valence-electron chi connectivity index (χ3n) is 8.31. The van der Waals surface area contributed by atoms with Gasteiger partial charge in [-0.1, -0.05) is 55.3 Å². The Labute approximate surface area is 278 Å². The first-order valence-electron chi connectivity index (χ1n) is 15.2. The molecule has 226 valence electrons. The summed E-state index contributed by atoms with van der Waals surface area (Å²) in [6.45, 7) is 10.7. The Bertz CT molecular complexity index is 2170. The summed E-state index contributed by atoms with van der Waals surface area (Å²) in [7, 11) is 0. The summed E-state index contributed by atoms with van der Waals surface area (Å²) < 4.78 is 10.5. The molecule has 0 saturated heterocycles. The average Bonchev–Trinajstić information content (AvgIpc) is 3.50. The van der Waals surface area contributed by atoms with Gasteiger partial charge in [-0.2, -0.15) is 17.2 Å². The van der Waals surface area contributed by atoms with Gasteiger partial charge in [0.25, 0.3) is 0 Å². The Hall–Kier alpha value is -4.50. The molecule has 3 heterocycles. The number of rotatable bonds is 7. The van der Waals surface area contributed by atoms with Crippen LogP contribution in [0.2, 0.25) is 0 Å². The molecule has 7 aromatic rings. The maximum Gasteiger partial charge on any atom is 2.00 e. The van der Waals surface area contributed by atoms with Crippen LogP contribution in [0.5, 0.6) is 11.5 Å². The largest absolute Gasteiger partial charge is 2.00 e. The maximum absolute atomic E-state index is 6.40. The smallest absolute Gasteiger partial charge is 0.509 e. The standard InChI is InChI=1S/C39H34N4O.Pd/c1-6-11-29-13-9-12-26(3)38(29)39-27(4)41-43(28(39)5)30-14-10-15-31(23-30)44-32-18-19-34-33-16-7-8-17-35(33)42(36(34)24-32)37-22-25(2)20-21-40-37;/h7-10,12-22H,6,11H2,1-5H3;/q-2;+2. The summed E-state index contributed by atoms with van der Waals surface area (Å²) in [5.41, 5.74) is 11.2. The minimum absolute atomic E-state index is 0. The Balaban J connectivity index is 0.00000357. The van der Waals surface area contributed by atoms with Crippen LogP contribution in [0.15, 0.2) is 91.1 Å². The quantitative estimate of drug-likeness (QED) is 0.124. The number of benzene rings is 4. The van der Waals surface area contributed by atoms with Gasteiger partial charge in [0, 0.05) is 34.5 Å². The minimum Gasteiger partial charge on any atom is -0.509 e. The number of pyridine rings is 1. The van der Waals surface area contributed by atoms with Crippen molar-refractivity contribution in [2.75, 3.05) is 0 Å². The summed E-state index contributed by atoms with van der Waals surface area (Å²) in [5.74, 6) is 2.07. The van der Waals surface area contributed by atoms with Crippen LogP contribution in [0.25, 0.3) is 44.4 Å². The van der Waals surface area contributed by atoms with Gasteiger partial charge >= 0.3 is 20.4 Å². The second kappa shape index (κ2) is 12.5. The SMILES string of the molecule is CCCc1cccc(C)c1-c1c(C)nn(-c2[c-]c(Oc3[c-]c4c(cc3)c3ccccc3n4-c3cc(C)ccn3)ccc2)c1C.[Pd+2]. The van der Waals surface area contributed by atoms with E-state index in [1.165, 1.54) is 22.3 Å². The minimum atomic E-state index is 0. The summed E-state index contributed by atoms with van der Waals surface area (Å²) in [5, 5.41) is 7.23.